The highest BCUT2D eigenvalue weighted by molar-refractivity contribution is 7.89. The Bertz CT molecular complexity index is 732. The van der Waals surface area contributed by atoms with E-state index in [4.69, 9.17) is 5.11 Å². The van der Waals surface area contributed by atoms with Crippen molar-refractivity contribution in [1.82, 2.24) is 9.21 Å². The van der Waals surface area contributed by atoms with E-state index in [2.05, 4.69) is 0 Å². The molecule has 0 aromatic heterocycles. The molecule has 8 heteroatoms. The predicted octanol–water partition coefficient (Wildman–Crippen LogP) is 1.26. The van der Waals surface area contributed by atoms with Crippen LogP contribution in [0.25, 0.3) is 0 Å². The van der Waals surface area contributed by atoms with Gasteiger partial charge in [-0.2, -0.15) is 4.31 Å². The van der Waals surface area contributed by atoms with Crippen molar-refractivity contribution in [3.63, 3.8) is 0 Å². The molecule has 0 bridgehead atoms. The maximum Gasteiger partial charge on any atom is 0.307 e. The highest BCUT2D eigenvalue weighted by Crippen LogP contribution is 2.24. The molecule has 2 rings (SSSR count). The van der Waals surface area contributed by atoms with Crippen LogP contribution in [0.5, 0.6) is 0 Å². The van der Waals surface area contributed by atoms with E-state index in [0.717, 1.165) is 0 Å². The van der Waals surface area contributed by atoms with Crippen LogP contribution in [0.3, 0.4) is 0 Å². The maximum absolute atomic E-state index is 12.8. The van der Waals surface area contributed by atoms with E-state index in [-0.39, 0.29) is 17.3 Å². The number of sulfonamides is 1. The first-order chi connectivity index (χ1) is 11.3. The number of hydrogen-bond donors (Lipinski definition) is 1. The number of aliphatic carboxylic acids is 1. The Morgan fingerprint density at radius 3 is 2.71 bits per heavy atom. The fourth-order valence-corrected chi connectivity index (χ4v) is 4.24. The molecule has 1 aromatic carbocycles. The standard InChI is InChI=1S/C16H22N2O5S/c1-3-17(2)15(19)12-6-4-8-14(10-12)24(22,23)18-9-5-7-13(11-18)16(20)21/h4,6,8,10,13H,3,5,7,9,11H2,1-2H3,(H,20,21). The van der Waals surface area contributed by atoms with Gasteiger partial charge >= 0.3 is 5.97 Å². The number of piperidine rings is 1. The summed E-state index contributed by atoms with van der Waals surface area (Å²) in [6, 6.07) is 5.89. The van der Waals surface area contributed by atoms with Crippen LogP contribution in [0.2, 0.25) is 0 Å². The lowest BCUT2D eigenvalue weighted by Gasteiger charge is -2.30. The van der Waals surface area contributed by atoms with Gasteiger partial charge in [-0.25, -0.2) is 8.42 Å². The van der Waals surface area contributed by atoms with Crippen LogP contribution in [-0.2, 0) is 14.8 Å². The van der Waals surface area contributed by atoms with Crippen molar-refractivity contribution in [3.8, 4) is 0 Å². The van der Waals surface area contributed by atoms with Crippen molar-refractivity contribution in [2.75, 3.05) is 26.7 Å². The van der Waals surface area contributed by atoms with E-state index in [0.29, 0.717) is 31.5 Å². The molecule has 1 aromatic rings. The van der Waals surface area contributed by atoms with Gasteiger partial charge in [0.1, 0.15) is 0 Å². The summed E-state index contributed by atoms with van der Waals surface area (Å²) in [5.41, 5.74) is 0.298. The van der Waals surface area contributed by atoms with E-state index in [9.17, 15) is 18.0 Å². The van der Waals surface area contributed by atoms with E-state index >= 15 is 0 Å². The number of carboxylic acids is 1. The zero-order chi connectivity index (χ0) is 17.9. The van der Waals surface area contributed by atoms with Crippen LogP contribution >= 0.6 is 0 Å². The number of carbonyl (C=O) groups is 2. The first kappa shape index (κ1) is 18.4. The average Bonchev–Trinajstić information content (AvgIpc) is 2.60. The van der Waals surface area contributed by atoms with Crippen molar-refractivity contribution in [3.05, 3.63) is 29.8 Å². The van der Waals surface area contributed by atoms with Gasteiger partial charge in [-0.05, 0) is 38.0 Å². The number of rotatable bonds is 5. The first-order valence-electron chi connectivity index (χ1n) is 7.86. The van der Waals surface area contributed by atoms with Gasteiger partial charge in [0.25, 0.3) is 5.91 Å². The summed E-state index contributed by atoms with van der Waals surface area (Å²) >= 11 is 0. The van der Waals surface area contributed by atoms with Gasteiger partial charge in [0.05, 0.1) is 10.8 Å². The SMILES string of the molecule is CCN(C)C(=O)c1cccc(S(=O)(=O)N2CCCC(C(=O)O)C2)c1. The molecule has 1 saturated heterocycles. The lowest BCUT2D eigenvalue weighted by Crippen LogP contribution is -2.42. The molecule has 0 aliphatic carbocycles. The second-order valence-corrected chi connectivity index (χ2v) is 7.83. The summed E-state index contributed by atoms with van der Waals surface area (Å²) in [6.45, 7) is 2.60. The van der Waals surface area contributed by atoms with Crippen LogP contribution in [0.4, 0.5) is 0 Å². The molecule has 1 aliphatic heterocycles. The fourth-order valence-electron chi connectivity index (χ4n) is 2.66. The quantitative estimate of drug-likeness (QED) is 0.859. The molecule has 0 saturated carbocycles. The monoisotopic (exact) mass is 354 g/mol. The molecule has 1 fully saturated rings. The Labute approximate surface area is 141 Å². The van der Waals surface area contributed by atoms with E-state index in [1.54, 1.807) is 13.1 Å². The minimum atomic E-state index is -3.82. The van der Waals surface area contributed by atoms with Gasteiger partial charge in [0.2, 0.25) is 10.0 Å². The third-order valence-electron chi connectivity index (χ3n) is 4.27. The van der Waals surface area contributed by atoms with Gasteiger partial charge in [-0.3, -0.25) is 9.59 Å². The highest BCUT2D eigenvalue weighted by atomic mass is 32.2. The Hall–Kier alpha value is -1.93. The third-order valence-corrected chi connectivity index (χ3v) is 6.13. The third kappa shape index (κ3) is 3.76. The Kier molecular flexibility index (Phi) is 5.61. The Morgan fingerprint density at radius 2 is 2.08 bits per heavy atom. The van der Waals surface area contributed by atoms with Crippen molar-refractivity contribution >= 4 is 21.9 Å². The molecule has 24 heavy (non-hydrogen) atoms. The van der Waals surface area contributed by atoms with Gasteiger partial charge < -0.3 is 10.0 Å². The van der Waals surface area contributed by atoms with Gasteiger partial charge in [-0.15, -0.1) is 0 Å². The van der Waals surface area contributed by atoms with Crippen molar-refractivity contribution in [2.24, 2.45) is 5.92 Å². The van der Waals surface area contributed by atoms with E-state index in [1.165, 1.54) is 27.4 Å². The zero-order valence-electron chi connectivity index (χ0n) is 13.8. The molecule has 1 unspecified atom stereocenters. The van der Waals surface area contributed by atoms with Crippen LogP contribution in [-0.4, -0.2) is 61.3 Å². The average molecular weight is 354 g/mol. The molecule has 0 spiro atoms. The Balaban J connectivity index is 2.29. The molecular formula is C16H22N2O5S. The maximum atomic E-state index is 12.8. The van der Waals surface area contributed by atoms with Crippen LogP contribution < -0.4 is 0 Å². The number of carboxylic acid groups (broad SMARTS) is 1. The number of amides is 1. The second-order valence-electron chi connectivity index (χ2n) is 5.89. The smallest absolute Gasteiger partial charge is 0.307 e. The van der Waals surface area contributed by atoms with Gasteiger partial charge in [0.15, 0.2) is 0 Å². The molecule has 0 radical (unpaired) electrons. The number of nitrogens with zero attached hydrogens (tertiary/aromatic N) is 2. The van der Waals surface area contributed by atoms with Crippen LogP contribution in [0.15, 0.2) is 29.2 Å². The topological polar surface area (TPSA) is 95.0 Å². The molecule has 1 heterocycles. The summed E-state index contributed by atoms with van der Waals surface area (Å²) in [5, 5.41) is 9.13. The lowest BCUT2D eigenvalue weighted by molar-refractivity contribution is -0.142. The predicted molar refractivity (Wildman–Crippen MR) is 88.2 cm³/mol. The zero-order valence-corrected chi connectivity index (χ0v) is 14.6. The largest absolute Gasteiger partial charge is 0.481 e. The molecule has 7 nitrogen and oxygen atoms in total. The molecule has 132 valence electrons. The molecule has 1 N–H and O–H groups in total. The fraction of sp³-hybridized carbons (Fsp3) is 0.500. The van der Waals surface area contributed by atoms with Crippen molar-refractivity contribution < 1.29 is 23.1 Å². The molecule has 1 amide bonds. The summed E-state index contributed by atoms with van der Waals surface area (Å²) in [5.74, 6) is -1.93. The van der Waals surface area contributed by atoms with E-state index < -0.39 is 21.9 Å². The molecule has 1 atom stereocenters. The van der Waals surface area contributed by atoms with Crippen molar-refractivity contribution in [1.29, 1.82) is 0 Å². The number of benzene rings is 1. The molecule has 1 aliphatic rings. The Morgan fingerprint density at radius 1 is 1.38 bits per heavy atom. The summed E-state index contributed by atoms with van der Waals surface area (Å²) in [6.07, 6.45) is 0.981. The van der Waals surface area contributed by atoms with Gasteiger partial charge in [-0.1, -0.05) is 6.07 Å². The first-order valence-corrected chi connectivity index (χ1v) is 9.30. The minimum absolute atomic E-state index is 0.0175. The van der Waals surface area contributed by atoms with Crippen LogP contribution in [0, 0.1) is 5.92 Å². The van der Waals surface area contributed by atoms with E-state index in [1.807, 2.05) is 6.92 Å². The number of hydrogen-bond acceptors (Lipinski definition) is 4. The highest BCUT2D eigenvalue weighted by Gasteiger charge is 2.33. The molecular weight excluding hydrogens is 332 g/mol. The second kappa shape index (κ2) is 7.31. The number of carbonyl (C=O) groups excluding carboxylic acids is 1. The van der Waals surface area contributed by atoms with Gasteiger partial charge in [0, 0.05) is 32.2 Å². The lowest BCUT2D eigenvalue weighted by atomic mass is 10.0. The summed E-state index contributed by atoms with van der Waals surface area (Å²) in [7, 11) is -2.17. The normalized spacial score (nSPS) is 19.0. The van der Waals surface area contributed by atoms with Crippen molar-refractivity contribution in [2.45, 2.75) is 24.7 Å². The summed E-state index contributed by atoms with van der Waals surface area (Å²) in [4.78, 5) is 24.9. The van der Waals surface area contributed by atoms with Crippen LogP contribution in [0.1, 0.15) is 30.1 Å². The minimum Gasteiger partial charge on any atom is -0.481 e. The summed E-state index contributed by atoms with van der Waals surface area (Å²) < 4.78 is 26.8.